The number of benzene rings is 6. The summed E-state index contributed by atoms with van der Waals surface area (Å²) < 4.78 is 37.2. The fourth-order valence-electron chi connectivity index (χ4n) is 11.9. The minimum atomic E-state index is -4.64. The molecule has 2 saturated heterocycles. The molecule has 11 nitrogen and oxygen atoms in total. The molecule has 4 aliphatic rings. The zero-order valence-corrected chi connectivity index (χ0v) is 41.6. The number of likely N-dealkylation sites (tertiary alicyclic amines) is 2. The van der Waals surface area contributed by atoms with E-state index in [1.807, 2.05) is 69.3 Å². The zero-order valence-electron chi connectivity index (χ0n) is 41.6. The molecule has 0 unspecified atom stereocenters. The molecule has 0 amide bonds. The van der Waals surface area contributed by atoms with Crippen molar-refractivity contribution in [1.82, 2.24) is 9.80 Å². The average Bonchev–Trinajstić information content (AvgIpc) is 3.81. The van der Waals surface area contributed by atoms with E-state index in [9.17, 15) is 48.0 Å². The van der Waals surface area contributed by atoms with E-state index >= 15 is 0 Å². The molecule has 0 spiro atoms. The Bertz CT molecular complexity index is 2830. The van der Waals surface area contributed by atoms with Gasteiger partial charge in [0.2, 0.25) is 6.29 Å². The van der Waals surface area contributed by atoms with Crippen LogP contribution in [0.5, 0.6) is 0 Å². The number of ether oxygens (including phenoxy) is 1. The van der Waals surface area contributed by atoms with Crippen LogP contribution in [-0.4, -0.2) is 104 Å². The van der Waals surface area contributed by atoms with Crippen LogP contribution in [0, 0.1) is 11.8 Å². The Kier molecular flexibility index (Phi) is 16.2. The number of hydrogen-bond donors (Lipinski definition) is 5. The first-order valence-electron chi connectivity index (χ1n) is 25.1. The number of aldehydes is 1. The number of carboxylic acid groups (broad SMARTS) is 1. The number of aliphatic carboxylic acids is 1. The number of carbonyl (C=O) groups excluding carboxylic acids is 2. The molecule has 2 aliphatic carbocycles. The van der Waals surface area contributed by atoms with Crippen LogP contribution in [0.25, 0.3) is 22.3 Å². The number of fused-ring (bicyclic) bond motifs is 6. The molecule has 0 aromatic heterocycles. The van der Waals surface area contributed by atoms with E-state index in [4.69, 9.17) is 9.53 Å². The van der Waals surface area contributed by atoms with Crippen LogP contribution < -0.4 is 0 Å². The fraction of sp³-hybridized carbons (Fsp3) is 0.328. The van der Waals surface area contributed by atoms with Crippen molar-refractivity contribution in [1.29, 1.82) is 0 Å². The lowest BCUT2D eigenvalue weighted by molar-refractivity contribution is -0.177. The van der Waals surface area contributed by atoms with Crippen molar-refractivity contribution >= 4 is 32.5 Å². The molecule has 2 aliphatic heterocycles. The van der Waals surface area contributed by atoms with E-state index in [1.54, 1.807) is 0 Å². The molecule has 0 saturated carbocycles. The molecule has 0 bridgehead atoms. The summed E-state index contributed by atoms with van der Waals surface area (Å²) in [6.07, 6.45) is -2.53. The highest BCUT2D eigenvalue weighted by Crippen LogP contribution is 2.59. The molecule has 16 heteroatoms. The first-order valence-corrected chi connectivity index (χ1v) is 25.1. The van der Waals surface area contributed by atoms with Crippen LogP contribution in [0.4, 0.5) is 13.2 Å². The zero-order chi connectivity index (χ0) is 53.0. The Labute approximate surface area is 430 Å². The molecule has 4 atom stereocenters. The molecule has 5 N–H and O–H groups in total. The van der Waals surface area contributed by atoms with E-state index in [0.29, 0.717) is 38.7 Å². The summed E-state index contributed by atoms with van der Waals surface area (Å²) in [6, 6.07) is 53.1. The summed E-state index contributed by atoms with van der Waals surface area (Å²) in [5.41, 5.74) is 9.52. The lowest BCUT2D eigenvalue weighted by Gasteiger charge is -2.56. The molecule has 6 aromatic carbocycles. The maximum absolute atomic E-state index is 13.8. The van der Waals surface area contributed by atoms with Crippen LogP contribution in [0.2, 0.25) is 12.6 Å². The van der Waals surface area contributed by atoms with Gasteiger partial charge in [-0.3, -0.25) is 24.2 Å². The van der Waals surface area contributed by atoms with E-state index in [2.05, 4.69) is 119 Å². The summed E-state index contributed by atoms with van der Waals surface area (Å²) in [4.78, 5) is 39.4. The Balaban J connectivity index is 0.000000178. The standard InChI is InChI=1S/C30H34BNO4.C26H26BNO4.C2HF3O/c1-29(2,3)36-28(33)27-21(12-11-19-31(34)35)20-32(27)30(22-13-5-4-6-14-22)25-17-9-7-15-23(25)24-16-8-10-18-26(24)30;29-25(30)24-18(9-8-16-27(31)32)17-28(24)26(19-10-2-1-3-11-19)22-14-6-4-12-20(22)21-13-5-7-15-23(21)26;3-2(4,5)1-6/h4-10,13-18,21,27,34-35H,11-12,19-20H2,1-3H3;1-7,10-15,18,24,31-32H,8-9,16-17H2,(H,29,30);1H/t21-,27+;18-,24+;/m11./s1. The van der Waals surface area contributed by atoms with Crippen molar-refractivity contribution in [2.45, 2.75) is 94.0 Å². The number of alkyl halides is 3. The predicted molar refractivity (Wildman–Crippen MR) is 278 cm³/mol. The van der Waals surface area contributed by atoms with Gasteiger partial charge in [0.05, 0.1) is 11.1 Å². The summed E-state index contributed by atoms with van der Waals surface area (Å²) in [5, 5.41) is 47.4. The molecule has 6 aromatic rings. The summed E-state index contributed by atoms with van der Waals surface area (Å²) in [5.74, 6) is -1.02. The Morgan fingerprint density at radius 2 is 0.878 bits per heavy atom. The van der Waals surface area contributed by atoms with Crippen LogP contribution in [0.3, 0.4) is 0 Å². The summed E-state index contributed by atoms with van der Waals surface area (Å²) in [7, 11) is -2.68. The summed E-state index contributed by atoms with van der Waals surface area (Å²) >= 11 is 0. The van der Waals surface area contributed by atoms with Gasteiger partial charge in [0.1, 0.15) is 17.7 Å². The van der Waals surface area contributed by atoms with E-state index < -0.39 is 61.4 Å². The number of carbonyl (C=O) groups is 3. The number of halogens is 3. The minimum Gasteiger partial charge on any atom is -0.480 e. The second-order valence-corrected chi connectivity index (χ2v) is 20.4. The predicted octanol–water partition coefficient (Wildman–Crippen LogP) is 9.20. The molecule has 10 rings (SSSR count). The first-order chi connectivity index (χ1) is 35.3. The third-order valence-electron chi connectivity index (χ3n) is 14.6. The lowest BCUT2D eigenvalue weighted by Crippen LogP contribution is -2.68. The monoisotopic (exact) mass is 1010 g/mol. The highest BCUT2D eigenvalue weighted by molar-refractivity contribution is 6.41. The fourth-order valence-corrected chi connectivity index (χ4v) is 11.9. The van der Waals surface area contributed by atoms with Crippen molar-refractivity contribution in [3.05, 3.63) is 191 Å². The largest absolute Gasteiger partial charge is 0.480 e. The van der Waals surface area contributed by atoms with Crippen LogP contribution in [0.1, 0.15) is 79.8 Å². The molecule has 2 heterocycles. The van der Waals surface area contributed by atoms with Gasteiger partial charge in [0.15, 0.2) is 0 Å². The quantitative estimate of drug-likeness (QED) is 0.0401. The van der Waals surface area contributed by atoms with Crippen molar-refractivity contribution in [2.75, 3.05) is 13.1 Å². The number of rotatable bonds is 14. The first kappa shape index (κ1) is 53.9. The minimum absolute atomic E-state index is 0.0354. The van der Waals surface area contributed by atoms with Crippen LogP contribution in [0.15, 0.2) is 158 Å². The Morgan fingerprint density at radius 3 is 1.19 bits per heavy atom. The smallest absolute Gasteiger partial charge is 0.451 e. The highest BCUT2D eigenvalue weighted by Gasteiger charge is 2.60. The van der Waals surface area contributed by atoms with Gasteiger partial charge in [-0.2, -0.15) is 13.2 Å². The van der Waals surface area contributed by atoms with Crippen molar-refractivity contribution in [2.24, 2.45) is 11.8 Å². The second kappa shape index (κ2) is 22.2. The molecule has 0 radical (unpaired) electrons. The van der Waals surface area contributed by atoms with E-state index in [1.165, 1.54) is 22.3 Å². The van der Waals surface area contributed by atoms with Gasteiger partial charge >= 0.3 is 32.4 Å². The molecule has 74 heavy (non-hydrogen) atoms. The maximum Gasteiger partial charge on any atom is 0.451 e. The van der Waals surface area contributed by atoms with Crippen LogP contribution in [-0.2, 0) is 30.2 Å². The van der Waals surface area contributed by atoms with Crippen LogP contribution >= 0.6 is 0 Å². The average molecular weight is 1010 g/mol. The normalized spacial score (nSPS) is 19.8. The van der Waals surface area contributed by atoms with Gasteiger partial charge in [0.25, 0.3) is 0 Å². The topological polar surface area (TPSA) is 168 Å². The van der Waals surface area contributed by atoms with Crippen molar-refractivity contribution < 1.29 is 57.5 Å². The number of esters is 1. The number of carboxylic acids is 1. The lowest BCUT2D eigenvalue weighted by atomic mass is 9.71. The van der Waals surface area contributed by atoms with Gasteiger partial charge in [-0.25, -0.2) is 0 Å². The van der Waals surface area contributed by atoms with Crippen molar-refractivity contribution in [3.8, 4) is 22.3 Å². The van der Waals surface area contributed by atoms with Gasteiger partial charge in [0, 0.05) is 13.1 Å². The van der Waals surface area contributed by atoms with Crippen molar-refractivity contribution in [3.63, 3.8) is 0 Å². The summed E-state index contributed by atoms with van der Waals surface area (Å²) in [6.45, 7) is 7.05. The van der Waals surface area contributed by atoms with E-state index in [-0.39, 0.29) is 24.1 Å². The maximum atomic E-state index is 13.8. The molecule has 384 valence electrons. The van der Waals surface area contributed by atoms with Gasteiger partial charge < -0.3 is 29.9 Å². The van der Waals surface area contributed by atoms with E-state index in [0.717, 1.165) is 39.8 Å². The SMILES string of the molecule is CC(C)(C)OC(=O)[C@@H]1[C@H](CCCB(O)O)CN1C1(c2ccccc2)c2ccccc2-c2ccccc21.O=C(O)[C@@H]1[C@H](CCCB(O)O)CN1C1(c2ccccc2)c2ccccc2-c2ccccc21.O=CC(F)(F)F. The third-order valence-corrected chi connectivity index (χ3v) is 14.6. The Morgan fingerprint density at radius 1 is 0.568 bits per heavy atom. The van der Waals surface area contributed by atoms with Gasteiger partial charge in [-0.1, -0.05) is 171 Å². The number of hydrogen-bond acceptors (Lipinski definition) is 10. The van der Waals surface area contributed by atoms with Gasteiger partial charge in [-0.15, -0.1) is 0 Å². The molecular formula is C58H61B2F3N2O9. The second-order valence-electron chi connectivity index (χ2n) is 20.4. The third kappa shape index (κ3) is 10.5. The van der Waals surface area contributed by atoms with Gasteiger partial charge in [-0.05, 0) is 114 Å². The molecule has 2 fully saturated rings. The highest BCUT2D eigenvalue weighted by atomic mass is 19.4. The molecular weight excluding hydrogens is 947 g/mol. The number of nitrogens with zero attached hydrogens (tertiary/aromatic N) is 2. The Hall–Kier alpha value is -6.39.